The summed E-state index contributed by atoms with van der Waals surface area (Å²) >= 11 is 12.4. The van der Waals surface area contributed by atoms with Crippen LogP contribution in [0.2, 0.25) is 10.2 Å². The molecule has 0 spiro atoms. The molecule has 0 aliphatic heterocycles. The van der Waals surface area contributed by atoms with E-state index < -0.39 is 11.8 Å². The number of nitrogens with zero attached hydrogens (tertiary/aromatic N) is 2. The van der Waals surface area contributed by atoms with Crippen LogP contribution in [0.4, 0.5) is 4.39 Å². The maximum atomic E-state index is 15.0. The Kier molecular flexibility index (Phi) is 5.52. The first-order valence-electron chi connectivity index (χ1n) is 9.16. The van der Waals surface area contributed by atoms with Crippen molar-refractivity contribution in [2.75, 3.05) is 7.11 Å². The van der Waals surface area contributed by atoms with Crippen molar-refractivity contribution in [3.8, 4) is 11.1 Å². The molecule has 0 atom stereocenters. The fourth-order valence-corrected chi connectivity index (χ4v) is 3.94. The largest absolute Gasteiger partial charge is 0.465 e. The third-order valence-corrected chi connectivity index (χ3v) is 5.51. The number of benzene rings is 2. The Morgan fingerprint density at radius 1 is 1.10 bits per heavy atom. The van der Waals surface area contributed by atoms with Crippen molar-refractivity contribution in [2.45, 2.75) is 6.92 Å². The van der Waals surface area contributed by atoms with Crippen LogP contribution in [-0.2, 0) is 4.74 Å². The van der Waals surface area contributed by atoms with E-state index in [-0.39, 0.29) is 22.2 Å². The third-order valence-electron chi connectivity index (χ3n) is 4.99. The molecule has 0 radical (unpaired) electrons. The van der Waals surface area contributed by atoms with Crippen molar-refractivity contribution in [3.63, 3.8) is 0 Å². The minimum Gasteiger partial charge on any atom is -0.465 e. The fourth-order valence-electron chi connectivity index (χ4n) is 3.48. The second-order valence-electron chi connectivity index (χ2n) is 6.86. The van der Waals surface area contributed by atoms with Crippen molar-refractivity contribution >= 4 is 46.0 Å². The van der Waals surface area contributed by atoms with Crippen molar-refractivity contribution < 1.29 is 18.7 Å². The molecule has 4 rings (SSSR count). The van der Waals surface area contributed by atoms with E-state index >= 15 is 0 Å². The Morgan fingerprint density at radius 3 is 2.55 bits per heavy atom. The third kappa shape index (κ3) is 3.69. The van der Waals surface area contributed by atoms with E-state index in [4.69, 9.17) is 23.2 Å². The number of aromatic nitrogens is 2. The van der Waals surface area contributed by atoms with Crippen LogP contribution in [-0.4, -0.2) is 28.5 Å². The maximum Gasteiger partial charge on any atom is 0.337 e. The number of hydrogen-bond donors (Lipinski definition) is 0. The van der Waals surface area contributed by atoms with E-state index in [1.165, 1.54) is 36.2 Å². The normalized spacial score (nSPS) is 11.0. The van der Waals surface area contributed by atoms with Crippen LogP contribution >= 0.6 is 23.2 Å². The first-order chi connectivity index (χ1) is 14.8. The first-order valence-corrected chi connectivity index (χ1v) is 9.92. The molecule has 5 nitrogen and oxygen atoms in total. The standard InChI is InChI=1S/C23H15Cl2FN2O3/c1-12-4-3-5-17(24)21(12)22(29)28-11-16(15-9-20(25)27-10-19(15)28)14-7-6-13(8-18(14)26)23(30)31-2/h3-11H,1-2H3. The van der Waals surface area contributed by atoms with Crippen LogP contribution in [0.25, 0.3) is 22.0 Å². The topological polar surface area (TPSA) is 61.2 Å². The zero-order valence-electron chi connectivity index (χ0n) is 16.4. The Bertz CT molecular complexity index is 1340. The van der Waals surface area contributed by atoms with Gasteiger partial charge >= 0.3 is 5.97 Å². The van der Waals surface area contributed by atoms with Gasteiger partial charge < -0.3 is 4.74 Å². The first kappa shape index (κ1) is 21.0. The monoisotopic (exact) mass is 456 g/mol. The zero-order valence-corrected chi connectivity index (χ0v) is 18.0. The van der Waals surface area contributed by atoms with Gasteiger partial charge in [-0.15, -0.1) is 0 Å². The molecule has 31 heavy (non-hydrogen) atoms. The zero-order chi connectivity index (χ0) is 22.3. The van der Waals surface area contributed by atoms with Gasteiger partial charge in [0.05, 0.1) is 35.0 Å². The number of ether oxygens (including phenoxy) is 1. The number of pyridine rings is 1. The molecule has 2 heterocycles. The van der Waals surface area contributed by atoms with Crippen molar-refractivity contribution in [2.24, 2.45) is 0 Å². The second kappa shape index (κ2) is 8.13. The molecule has 0 aliphatic rings. The summed E-state index contributed by atoms with van der Waals surface area (Å²) in [7, 11) is 1.22. The average molecular weight is 457 g/mol. The van der Waals surface area contributed by atoms with Crippen LogP contribution in [0.15, 0.2) is 54.9 Å². The van der Waals surface area contributed by atoms with Gasteiger partial charge in [-0.3, -0.25) is 9.36 Å². The van der Waals surface area contributed by atoms with Crippen LogP contribution in [0.5, 0.6) is 0 Å². The maximum absolute atomic E-state index is 15.0. The smallest absolute Gasteiger partial charge is 0.337 e. The number of halogens is 3. The van der Waals surface area contributed by atoms with Gasteiger partial charge in [0.1, 0.15) is 11.0 Å². The summed E-state index contributed by atoms with van der Waals surface area (Å²) in [6, 6.07) is 10.7. The summed E-state index contributed by atoms with van der Waals surface area (Å²) in [5.41, 5.74) is 2.18. The Hall–Kier alpha value is -3.22. The molecule has 0 fully saturated rings. The molecule has 4 aromatic rings. The summed E-state index contributed by atoms with van der Waals surface area (Å²) in [4.78, 5) is 29.1. The molecule has 0 bridgehead atoms. The summed E-state index contributed by atoms with van der Waals surface area (Å²) in [6.07, 6.45) is 2.97. The fraction of sp³-hybridized carbons (Fsp3) is 0.0870. The van der Waals surface area contributed by atoms with Crippen molar-refractivity contribution in [1.29, 1.82) is 0 Å². The van der Waals surface area contributed by atoms with E-state index in [0.29, 0.717) is 32.6 Å². The number of carbonyl (C=O) groups is 2. The molecular formula is C23H15Cl2FN2O3. The molecular weight excluding hydrogens is 442 g/mol. The SMILES string of the molecule is COC(=O)c1ccc(-c2cn(C(=O)c3c(C)cccc3Cl)c3cnc(Cl)cc23)c(F)c1. The Balaban J connectivity index is 1.94. The van der Waals surface area contributed by atoms with Gasteiger partial charge in [-0.25, -0.2) is 14.2 Å². The van der Waals surface area contributed by atoms with Gasteiger partial charge in [0.15, 0.2) is 0 Å². The lowest BCUT2D eigenvalue weighted by molar-refractivity contribution is 0.0600. The molecule has 2 aromatic heterocycles. The highest BCUT2D eigenvalue weighted by Gasteiger charge is 2.22. The van der Waals surface area contributed by atoms with Gasteiger partial charge in [-0.05, 0) is 36.8 Å². The Labute approximate surface area is 187 Å². The summed E-state index contributed by atoms with van der Waals surface area (Å²) < 4.78 is 21.0. The second-order valence-corrected chi connectivity index (χ2v) is 7.65. The lowest BCUT2D eigenvalue weighted by atomic mass is 10.0. The quantitative estimate of drug-likeness (QED) is 0.283. The van der Waals surface area contributed by atoms with Gasteiger partial charge in [-0.1, -0.05) is 41.4 Å². The number of esters is 1. The number of aryl methyl sites for hydroxylation is 1. The average Bonchev–Trinajstić information content (AvgIpc) is 3.11. The lowest BCUT2D eigenvalue weighted by Gasteiger charge is -2.09. The highest BCUT2D eigenvalue weighted by Crippen LogP contribution is 2.35. The highest BCUT2D eigenvalue weighted by molar-refractivity contribution is 6.34. The minimum atomic E-state index is -0.649. The Morgan fingerprint density at radius 2 is 1.87 bits per heavy atom. The molecule has 0 amide bonds. The van der Waals surface area contributed by atoms with E-state index in [0.717, 1.165) is 6.07 Å². The van der Waals surface area contributed by atoms with Gasteiger partial charge in [0, 0.05) is 22.7 Å². The number of carbonyl (C=O) groups excluding carboxylic acids is 2. The molecule has 156 valence electrons. The molecule has 0 saturated carbocycles. The van der Waals surface area contributed by atoms with Crippen molar-refractivity contribution in [3.05, 3.63) is 87.5 Å². The number of methoxy groups -OCH3 is 1. The summed E-state index contributed by atoms with van der Waals surface area (Å²) in [5.74, 6) is -1.67. The molecule has 0 N–H and O–H groups in total. The van der Waals surface area contributed by atoms with Crippen molar-refractivity contribution in [1.82, 2.24) is 9.55 Å². The summed E-state index contributed by atoms with van der Waals surface area (Å²) in [5, 5.41) is 1.03. The predicted octanol–water partition coefficient (Wildman–Crippen LogP) is 5.93. The van der Waals surface area contributed by atoms with Crippen LogP contribution in [0.1, 0.15) is 26.3 Å². The van der Waals surface area contributed by atoms with E-state index in [2.05, 4.69) is 9.72 Å². The number of fused-ring (bicyclic) bond motifs is 1. The molecule has 8 heteroatoms. The van der Waals surface area contributed by atoms with E-state index in [1.807, 2.05) is 0 Å². The number of hydrogen-bond acceptors (Lipinski definition) is 4. The van der Waals surface area contributed by atoms with Crippen LogP contribution < -0.4 is 0 Å². The van der Waals surface area contributed by atoms with Gasteiger partial charge in [0.25, 0.3) is 5.91 Å². The molecule has 2 aromatic carbocycles. The number of rotatable bonds is 3. The molecule has 0 saturated heterocycles. The lowest BCUT2D eigenvalue weighted by Crippen LogP contribution is -2.13. The molecule has 0 unspecified atom stereocenters. The highest BCUT2D eigenvalue weighted by atomic mass is 35.5. The van der Waals surface area contributed by atoms with E-state index in [1.54, 1.807) is 31.2 Å². The summed E-state index contributed by atoms with van der Waals surface area (Å²) in [6.45, 7) is 1.78. The minimum absolute atomic E-state index is 0.0787. The van der Waals surface area contributed by atoms with Crippen LogP contribution in [0.3, 0.4) is 0 Å². The van der Waals surface area contributed by atoms with Crippen LogP contribution in [0, 0.1) is 12.7 Å². The van der Waals surface area contributed by atoms with E-state index in [9.17, 15) is 14.0 Å². The predicted molar refractivity (Wildman–Crippen MR) is 117 cm³/mol. The van der Waals surface area contributed by atoms with Gasteiger partial charge in [0.2, 0.25) is 0 Å². The van der Waals surface area contributed by atoms with Gasteiger partial charge in [-0.2, -0.15) is 0 Å². The molecule has 0 aliphatic carbocycles.